The number of hydrogen-bond acceptors (Lipinski definition) is 6. The number of nitrogens with zero attached hydrogens (tertiary/aromatic N) is 4. The van der Waals surface area contributed by atoms with E-state index >= 15 is 0 Å². The van der Waals surface area contributed by atoms with Gasteiger partial charge in [0.25, 0.3) is 0 Å². The minimum atomic E-state index is -1.57. The quantitative estimate of drug-likeness (QED) is 0.105. The molecule has 0 radical (unpaired) electrons. The lowest BCUT2D eigenvalue weighted by Gasteiger charge is -2.21. The molecule has 0 bridgehead atoms. The zero-order valence-corrected chi connectivity index (χ0v) is 28.0. The van der Waals surface area contributed by atoms with Crippen LogP contribution < -0.4 is 9.64 Å². The van der Waals surface area contributed by atoms with E-state index in [-0.39, 0.29) is 22.5 Å². The van der Waals surface area contributed by atoms with Gasteiger partial charge in [-0.05, 0) is 101 Å². The number of ether oxygens (including phenoxy) is 2. The first-order valence-corrected chi connectivity index (χ1v) is 15.4. The van der Waals surface area contributed by atoms with Crippen LogP contribution in [-0.4, -0.2) is 26.8 Å². The average molecular weight is 669 g/mol. The number of rotatable bonds is 8. The summed E-state index contributed by atoms with van der Waals surface area (Å²) in [6.07, 6.45) is 7.09. The SMILES string of the molecule is COc1ccc(-c2cc(/C=C/c3ccc(N(C)C)cc3)c(-c3cc(F)c(F)c(F)c3)cc2/C=C/C2=C(C#N)C(=C(C#N)C#N)OC2(C)C)cc1. The number of nitriles is 3. The lowest BCUT2D eigenvalue weighted by molar-refractivity contribution is 0.0954. The van der Waals surface area contributed by atoms with Crippen LogP contribution in [0.5, 0.6) is 5.75 Å². The fourth-order valence-electron chi connectivity index (χ4n) is 5.62. The Kier molecular flexibility index (Phi) is 9.97. The largest absolute Gasteiger partial charge is 0.497 e. The van der Waals surface area contributed by atoms with Crippen LogP contribution in [0.1, 0.15) is 30.5 Å². The van der Waals surface area contributed by atoms with E-state index in [2.05, 4.69) is 6.07 Å². The van der Waals surface area contributed by atoms with Gasteiger partial charge < -0.3 is 14.4 Å². The number of benzene rings is 4. The summed E-state index contributed by atoms with van der Waals surface area (Å²) in [4.78, 5) is 1.98. The molecule has 0 fully saturated rings. The fraction of sp³-hybridized carbons (Fsp3) is 0.146. The van der Waals surface area contributed by atoms with Crippen LogP contribution in [0.2, 0.25) is 0 Å². The van der Waals surface area contributed by atoms with Gasteiger partial charge in [0, 0.05) is 25.4 Å². The number of allylic oxidation sites excluding steroid dienone is 2. The summed E-state index contributed by atoms with van der Waals surface area (Å²) in [5, 5.41) is 29.0. The van der Waals surface area contributed by atoms with Crippen LogP contribution in [0.3, 0.4) is 0 Å². The molecular formula is C41H31F3N4O2. The second kappa shape index (κ2) is 14.3. The van der Waals surface area contributed by atoms with Crippen LogP contribution >= 0.6 is 0 Å². The number of hydrogen-bond donors (Lipinski definition) is 0. The minimum Gasteiger partial charge on any atom is -0.497 e. The molecule has 0 aromatic heterocycles. The third-order valence-electron chi connectivity index (χ3n) is 8.28. The normalized spacial score (nSPS) is 13.6. The van der Waals surface area contributed by atoms with Gasteiger partial charge in [-0.15, -0.1) is 0 Å². The van der Waals surface area contributed by atoms with Gasteiger partial charge in [0.15, 0.2) is 28.8 Å². The van der Waals surface area contributed by atoms with Crippen molar-refractivity contribution in [1.29, 1.82) is 15.8 Å². The molecule has 4 aromatic rings. The van der Waals surface area contributed by atoms with Crippen molar-refractivity contribution in [3.05, 3.63) is 135 Å². The van der Waals surface area contributed by atoms with Crippen molar-refractivity contribution in [2.75, 3.05) is 26.1 Å². The maximum Gasteiger partial charge on any atom is 0.194 e. The molecule has 6 nitrogen and oxygen atoms in total. The highest BCUT2D eigenvalue weighted by Crippen LogP contribution is 2.42. The van der Waals surface area contributed by atoms with E-state index in [1.807, 2.05) is 73.6 Å². The zero-order chi connectivity index (χ0) is 36.2. The van der Waals surface area contributed by atoms with Crippen molar-refractivity contribution in [2.24, 2.45) is 0 Å². The Labute approximate surface area is 289 Å². The highest BCUT2D eigenvalue weighted by molar-refractivity contribution is 5.89. The van der Waals surface area contributed by atoms with Crippen LogP contribution in [0.4, 0.5) is 18.9 Å². The minimum absolute atomic E-state index is 0.0399. The highest BCUT2D eigenvalue weighted by atomic mass is 19.2. The van der Waals surface area contributed by atoms with Crippen molar-refractivity contribution in [3.8, 4) is 46.2 Å². The lowest BCUT2D eigenvalue weighted by Crippen LogP contribution is -2.20. The van der Waals surface area contributed by atoms with E-state index in [4.69, 9.17) is 9.47 Å². The number of methoxy groups -OCH3 is 1. The third kappa shape index (κ3) is 7.02. The smallest absolute Gasteiger partial charge is 0.194 e. The molecule has 0 amide bonds. The van der Waals surface area contributed by atoms with E-state index in [1.54, 1.807) is 63.4 Å². The van der Waals surface area contributed by atoms with E-state index in [0.29, 0.717) is 28.0 Å². The summed E-state index contributed by atoms with van der Waals surface area (Å²) in [7, 11) is 5.45. The molecule has 9 heteroatoms. The fourth-order valence-corrected chi connectivity index (χ4v) is 5.62. The molecule has 0 saturated heterocycles. The summed E-state index contributed by atoms with van der Waals surface area (Å²) in [5.41, 5.74) is 4.16. The van der Waals surface area contributed by atoms with Crippen LogP contribution in [0, 0.1) is 51.4 Å². The molecule has 0 saturated carbocycles. The van der Waals surface area contributed by atoms with Crippen molar-refractivity contribution in [3.63, 3.8) is 0 Å². The van der Waals surface area contributed by atoms with Crippen LogP contribution in [0.25, 0.3) is 40.5 Å². The predicted molar refractivity (Wildman–Crippen MR) is 189 cm³/mol. The summed E-state index contributed by atoms with van der Waals surface area (Å²) in [5.74, 6) is -3.69. The van der Waals surface area contributed by atoms with Crippen LogP contribution in [-0.2, 0) is 4.74 Å². The van der Waals surface area contributed by atoms with Crippen molar-refractivity contribution in [2.45, 2.75) is 19.4 Å². The monoisotopic (exact) mass is 668 g/mol. The molecule has 0 unspecified atom stereocenters. The van der Waals surface area contributed by atoms with Crippen LogP contribution in [0.15, 0.2) is 101 Å². The molecule has 0 atom stereocenters. The summed E-state index contributed by atoms with van der Waals surface area (Å²) >= 11 is 0. The Hall–Kier alpha value is -6.50. The molecule has 0 aliphatic carbocycles. The molecule has 248 valence electrons. The molecule has 0 N–H and O–H groups in total. The number of anilines is 1. The molecule has 1 heterocycles. The molecule has 0 spiro atoms. The first-order valence-electron chi connectivity index (χ1n) is 15.4. The second-order valence-electron chi connectivity index (χ2n) is 12.1. The first-order chi connectivity index (χ1) is 23.9. The van der Waals surface area contributed by atoms with Gasteiger partial charge in [0.1, 0.15) is 35.1 Å². The molecule has 4 aromatic carbocycles. The predicted octanol–water partition coefficient (Wildman–Crippen LogP) is 9.63. The standard InChI is InChI=1S/C41H31F3N4O2/c1-41(2)36(35(24-47)40(50-41)30(22-45)23-46)17-12-28-19-34(29-20-37(42)39(44)38(43)21-29)27(9-6-25-7-13-31(14-8-25)48(3)4)18-33(28)26-10-15-32(49-5)16-11-26/h6-21H,1-5H3/b9-6+,17-12+. The maximum atomic E-state index is 14.6. The second-order valence-corrected chi connectivity index (χ2v) is 12.1. The Morgan fingerprint density at radius 1 is 0.760 bits per heavy atom. The lowest BCUT2D eigenvalue weighted by atomic mass is 9.88. The summed E-state index contributed by atoms with van der Waals surface area (Å²) in [6.45, 7) is 3.42. The van der Waals surface area contributed by atoms with Gasteiger partial charge >= 0.3 is 0 Å². The van der Waals surface area contributed by atoms with E-state index in [1.165, 1.54) is 0 Å². The van der Waals surface area contributed by atoms with Gasteiger partial charge in [-0.3, -0.25) is 0 Å². The van der Waals surface area contributed by atoms with E-state index < -0.39 is 23.1 Å². The Bertz CT molecular complexity index is 2190. The van der Waals surface area contributed by atoms with E-state index in [0.717, 1.165) is 34.5 Å². The van der Waals surface area contributed by atoms with Gasteiger partial charge in [-0.2, -0.15) is 15.8 Å². The molecule has 1 aliphatic rings. The highest BCUT2D eigenvalue weighted by Gasteiger charge is 2.38. The zero-order valence-electron chi connectivity index (χ0n) is 28.0. The summed E-state index contributed by atoms with van der Waals surface area (Å²) < 4.78 is 54.7. The van der Waals surface area contributed by atoms with Gasteiger partial charge in [0.05, 0.1) is 7.11 Å². The van der Waals surface area contributed by atoms with Gasteiger partial charge in [-0.25, -0.2) is 13.2 Å². The maximum absolute atomic E-state index is 14.6. The van der Waals surface area contributed by atoms with Crippen molar-refractivity contribution < 1.29 is 22.6 Å². The number of halogens is 3. The average Bonchev–Trinajstić information content (AvgIpc) is 3.37. The molecular weight excluding hydrogens is 637 g/mol. The summed E-state index contributed by atoms with van der Waals surface area (Å²) in [6, 6.07) is 26.3. The van der Waals surface area contributed by atoms with Gasteiger partial charge in [-0.1, -0.05) is 48.6 Å². The molecule has 5 rings (SSSR count). The first kappa shape index (κ1) is 34.8. The van der Waals surface area contributed by atoms with Gasteiger partial charge in [0.2, 0.25) is 0 Å². The van der Waals surface area contributed by atoms with Crippen molar-refractivity contribution in [1.82, 2.24) is 0 Å². The Morgan fingerprint density at radius 3 is 1.84 bits per heavy atom. The topological polar surface area (TPSA) is 93.1 Å². The molecule has 1 aliphatic heterocycles. The van der Waals surface area contributed by atoms with Crippen molar-refractivity contribution >= 4 is 23.9 Å². The Morgan fingerprint density at radius 2 is 1.32 bits per heavy atom. The Balaban J connectivity index is 1.77. The third-order valence-corrected chi connectivity index (χ3v) is 8.28. The molecule has 50 heavy (non-hydrogen) atoms. The van der Waals surface area contributed by atoms with E-state index in [9.17, 15) is 29.0 Å².